The number of nitrogens with two attached hydrogens (primary N) is 1. The van der Waals surface area contributed by atoms with Gasteiger partial charge in [-0.2, -0.15) is 0 Å². The van der Waals surface area contributed by atoms with Crippen molar-refractivity contribution in [2.24, 2.45) is 11.7 Å². The van der Waals surface area contributed by atoms with E-state index in [1.165, 1.54) is 0 Å². The van der Waals surface area contributed by atoms with Gasteiger partial charge in [-0.3, -0.25) is 0 Å². The fourth-order valence-corrected chi connectivity index (χ4v) is 4.03. The lowest BCUT2D eigenvalue weighted by Gasteiger charge is -2.31. The van der Waals surface area contributed by atoms with Gasteiger partial charge in [0.1, 0.15) is 4.90 Å². The lowest BCUT2D eigenvalue weighted by Crippen LogP contribution is -2.44. The van der Waals surface area contributed by atoms with Crippen LogP contribution in [-0.2, 0) is 10.0 Å². The highest BCUT2D eigenvalue weighted by Gasteiger charge is 2.31. The molecule has 1 aromatic carbocycles. The molecule has 1 aromatic rings. The molecule has 0 radical (unpaired) electrons. The summed E-state index contributed by atoms with van der Waals surface area (Å²) in [6, 6.07) is 0.895. The van der Waals surface area contributed by atoms with E-state index < -0.39 is 38.4 Å². The molecule has 0 aliphatic heterocycles. The monoisotopic (exact) mass is 358 g/mol. The summed E-state index contributed by atoms with van der Waals surface area (Å²) < 4.78 is 66.4. The number of sulfonamides is 1. The van der Waals surface area contributed by atoms with Gasteiger partial charge in [0.2, 0.25) is 10.0 Å². The minimum absolute atomic E-state index is 0. The van der Waals surface area contributed by atoms with Crippen LogP contribution in [0.25, 0.3) is 0 Å². The molecule has 2 rings (SSSR count). The molecule has 4 nitrogen and oxygen atoms in total. The summed E-state index contributed by atoms with van der Waals surface area (Å²) >= 11 is 0. The zero-order chi connectivity index (χ0) is 15.6. The number of rotatable bonds is 4. The molecule has 126 valence electrons. The maximum atomic E-state index is 13.6. The molecule has 22 heavy (non-hydrogen) atoms. The maximum Gasteiger partial charge on any atom is 0.243 e. The lowest BCUT2D eigenvalue weighted by molar-refractivity contribution is 0.295. The zero-order valence-electron chi connectivity index (χ0n) is 11.7. The molecule has 2 unspecified atom stereocenters. The third-order valence-electron chi connectivity index (χ3n) is 3.81. The van der Waals surface area contributed by atoms with Crippen LogP contribution in [0.4, 0.5) is 13.2 Å². The first-order valence-electron chi connectivity index (χ1n) is 6.72. The second-order valence-electron chi connectivity index (χ2n) is 5.18. The van der Waals surface area contributed by atoms with Gasteiger partial charge in [0.05, 0.1) is 0 Å². The molecule has 1 aliphatic rings. The highest BCUT2D eigenvalue weighted by Crippen LogP contribution is 2.26. The van der Waals surface area contributed by atoms with Crippen LogP contribution < -0.4 is 10.5 Å². The van der Waals surface area contributed by atoms with E-state index >= 15 is 0 Å². The van der Waals surface area contributed by atoms with Crippen molar-refractivity contribution in [2.75, 3.05) is 6.54 Å². The normalized spacial score (nSPS) is 22.2. The topological polar surface area (TPSA) is 72.2 Å². The van der Waals surface area contributed by atoms with Gasteiger partial charge >= 0.3 is 0 Å². The van der Waals surface area contributed by atoms with Gasteiger partial charge in [0.25, 0.3) is 0 Å². The SMILES string of the molecule is Cl.NCC1CCCCC1NS(=O)(=O)c1ccc(F)c(F)c1F. The van der Waals surface area contributed by atoms with Crippen LogP contribution in [0, 0.1) is 23.4 Å². The number of hydrogen-bond acceptors (Lipinski definition) is 3. The molecule has 2 atom stereocenters. The smallest absolute Gasteiger partial charge is 0.243 e. The molecule has 0 saturated heterocycles. The maximum absolute atomic E-state index is 13.6. The minimum atomic E-state index is -4.26. The van der Waals surface area contributed by atoms with Gasteiger partial charge in [0, 0.05) is 6.04 Å². The van der Waals surface area contributed by atoms with Crippen molar-refractivity contribution in [2.45, 2.75) is 36.6 Å². The number of benzene rings is 1. The van der Waals surface area contributed by atoms with Gasteiger partial charge in [-0.05, 0) is 37.4 Å². The van der Waals surface area contributed by atoms with E-state index in [1.807, 2.05) is 0 Å². The quantitative estimate of drug-likeness (QED) is 0.811. The van der Waals surface area contributed by atoms with E-state index in [1.54, 1.807) is 0 Å². The summed E-state index contributed by atoms with van der Waals surface area (Å²) in [5.74, 6) is -4.97. The fourth-order valence-electron chi connectivity index (χ4n) is 2.62. The second-order valence-corrected chi connectivity index (χ2v) is 6.86. The van der Waals surface area contributed by atoms with E-state index in [-0.39, 0.29) is 18.3 Å². The molecule has 0 spiro atoms. The van der Waals surface area contributed by atoms with Crippen molar-refractivity contribution in [3.05, 3.63) is 29.6 Å². The van der Waals surface area contributed by atoms with Crippen LogP contribution >= 0.6 is 12.4 Å². The van der Waals surface area contributed by atoms with Crippen molar-refractivity contribution in [3.8, 4) is 0 Å². The number of halogens is 4. The Kier molecular flexibility index (Phi) is 6.66. The first kappa shape index (κ1) is 19.2. The molecule has 3 N–H and O–H groups in total. The molecular weight excluding hydrogens is 341 g/mol. The highest BCUT2D eigenvalue weighted by molar-refractivity contribution is 7.89. The first-order chi connectivity index (χ1) is 9.86. The van der Waals surface area contributed by atoms with Crippen LogP contribution in [0.2, 0.25) is 0 Å². The van der Waals surface area contributed by atoms with Crippen LogP contribution in [0.3, 0.4) is 0 Å². The average molecular weight is 359 g/mol. The van der Waals surface area contributed by atoms with Crippen LogP contribution in [0.1, 0.15) is 25.7 Å². The standard InChI is InChI=1S/C13H17F3N2O2S.ClH/c14-9-5-6-11(13(16)12(9)15)21(19,20)18-10-4-2-1-3-8(10)7-17;/h5-6,8,10,18H,1-4,7,17H2;1H. The summed E-state index contributed by atoms with van der Waals surface area (Å²) in [6.07, 6.45) is 3.17. The lowest BCUT2D eigenvalue weighted by atomic mass is 9.85. The van der Waals surface area contributed by atoms with Crippen molar-refractivity contribution in [1.29, 1.82) is 0 Å². The van der Waals surface area contributed by atoms with E-state index in [9.17, 15) is 21.6 Å². The number of hydrogen-bond donors (Lipinski definition) is 2. The summed E-state index contributed by atoms with van der Waals surface area (Å²) in [5, 5.41) is 0. The molecule has 1 fully saturated rings. The second kappa shape index (κ2) is 7.63. The Labute approximate surface area is 133 Å². The molecule has 0 heterocycles. The Balaban J connectivity index is 0.00000242. The minimum Gasteiger partial charge on any atom is -0.330 e. The predicted molar refractivity (Wildman–Crippen MR) is 78.7 cm³/mol. The van der Waals surface area contributed by atoms with Crippen LogP contribution in [0.15, 0.2) is 17.0 Å². The van der Waals surface area contributed by atoms with Crippen molar-refractivity contribution in [1.82, 2.24) is 4.72 Å². The van der Waals surface area contributed by atoms with E-state index in [4.69, 9.17) is 5.73 Å². The van der Waals surface area contributed by atoms with Gasteiger partial charge in [0.15, 0.2) is 17.5 Å². The largest absolute Gasteiger partial charge is 0.330 e. The zero-order valence-corrected chi connectivity index (χ0v) is 13.3. The van der Waals surface area contributed by atoms with E-state index in [0.717, 1.165) is 25.3 Å². The third kappa shape index (κ3) is 3.92. The van der Waals surface area contributed by atoms with E-state index in [2.05, 4.69) is 4.72 Å². The molecule has 0 aromatic heterocycles. The highest BCUT2D eigenvalue weighted by atomic mass is 35.5. The Morgan fingerprint density at radius 1 is 1.14 bits per heavy atom. The predicted octanol–water partition coefficient (Wildman–Crippen LogP) is 2.32. The Bertz CT molecular complexity index is 628. The molecule has 0 bridgehead atoms. The number of nitrogens with one attached hydrogen (secondary N) is 1. The Hall–Kier alpha value is -0.830. The molecular formula is C13H18ClF3N2O2S. The summed E-state index contributed by atoms with van der Waals surface area (Å²) in [6.45, 7) is 0.313. The van der Waals surface area contributed by atoms with E-state index in [0.29, 0.717) is 19.0 Å². The fraction of sp³-hybridized carbons (Fsp3) is 0.538. The summed E-state index contributed by atoms with van der Waals surface area (Å²) in [7, 11) is -4.26. The van der Waals surface area contributed by atoms with Crippen LogP contribution in [0.5, 0.6) is 0 Å². The van der Waals surface area contributed by atoms with Gasteiger partial charge in [-0.25, -0.2) is 26.3 Å². The van der Waals surface area contributed by atoms with Gasteiger partial charge in [-0.1, -0.05) is 12.8 Å². The average Bonchev–Trinajstić information content (AvgIpc) is 2.44. The summed E-state index contributed by atoms with van der Waals surface area (Å²) in [5.41, 5.74) is 5.61. The van der Waals surface area contributed by atoms with Crippen molar-refractivity contribution >= 4 is 22.4 Å². The Morgan fingerprint density at radius 3 is 2.41 bits per heavy atom. The summed E-state index contributed by atoms with van der Waals surface area (Å²) in [4.78, 5) is -0.886. The molecule has 1 aliphatic carbocycles. The third-order valence-corrected chi connectivity index (χ3v) is 5.31. The van der Waals surface area contributed by atoms with Gasteiger partial charge in [-0.15, -0.1) is 12.4 Å². The van der Waals surface area contributed by atoms with Gasteiger partial charge < -0.3 is 5.73 Å². The molecule has 1 saturated carbocycles. The first-order valence-corrected chi connectivity index (χ1v) is 8.21. The van der Waals surface area contributed by atoms with Crippen LogP contribution in [-0.4, -0.2) is 21.0 Å². The molecule has 0 amide bonds. The molecule has 9 heteroatoms. The Morgan fingerprint density at radius 2 is 1.77 bits per heavy atom. The van der Waals surface area contributed by atoms with Crippen molar-refractivity contribution in [3.63, 3.8) is 0 Å². The van der Waals surface area contributed by atoms with Crippen molar-refractivity contribution < 1.29 is 21.6 Å².